The zero-order valence-corrected chi connectivity index (χ0v) is 23.3. The number of nitrogens with zero attached hydrogens (tertiary/aromatic N) is 1. The van der Waals surface area contributed by atoms with Crippen molar-refractivity contribution in [2.45, 2.75) is 92.4 Å². The SMILES string of the molecule is C/C=C(\c1ccc(/C(CO)=C(\O)CCCC)cn1)c1cc2c(cc1C)C(C)(C)C=CC2(C)C.CC. The van der Waals surface area contributed by atoms with E-state index in [9.17, 15) is 10.2 Å². The third-order valence-electron chi connectivity index (χ3n) is 6.91. The van der Waals surface area contributed by atoms with Gasteiger partial charge in [-0.2, -0.15) is 0 Å². The quantitative estimate of drug-likeness (QED) is 0.312. The molecule has 190 valence electrons. The van der Waals surface area contributed by atoms with Crippen LogP contribution in [0, 0.1) is 6.92 Å². The van der Waals surface area contributed by atoms with Gasteiger partial charge in [-0.1, -0.05) is 85.2 Å². The number of benzene rings is 1. The second-order valence-corrected chi connectivity index (χ2v) is 10.3. The highest BCUT2D eigenvalue weighted by Crippen LogP contribution is 2.43. The van der Waals surface area contributed by atoms with E-state index in [0.717, 1.165) is 29.7 Å². The highest BCUT2D eigenvalue weighted by Gasteiger charge is 2.33. The molecule has 0 fully saturated rings. The number of aromatic nitrogens is 1. The van der Waals surface area contributed by atoms with Crippen molar-refractivity contribution in [2.24, 2.45) is 0 Å². The average Bonchev–Trinajstić information content (AvgIpc) is 2.84. The van der Waals surface area contributed by atoms with Gasteiger partial charge in [0, 0.05) is 40.2 Å². The lowest BCUT2D eigenvalue weighted by atomic mass is 9.67. The Morgan fingerprint density at radius 2 is 1.60 bits per heavy atom. The molecule has 0 saturated heterocycles. The van der Waals surface area contributed by atoms with E-state index in [1.807, 2.05) is 26.0 Å². The molecule has 0 radical (unpaired) electrons. The molecular formula is C32H45NO2. The summed E-state index contributed by atoms with van der Waals surface area (Å²) >= 11 is 0. The topological polar surface area (TPSA) is 53.4 Å². The molecule has 3 nitrogen and oxygen atoms in total. The molecule has 0 unspecified atom stereocenters. The van der Waals surface area contributed by atoms with Crippen LogP contribution in [-0.4, -0.2) is 21.8 Å². The molecule has 1 aliphatic rings. The molecule has 1 aromatic carbocycles. The number of aliphatic hydroxyl groups excluding tert-OH is 2. The number of allylic oxidation sites excluding steroid dienone is 4. The molecule has 0 spiro atoms. The molecule has 0 aliphatic heterocycles. The number of rotatable bonds is 7. The zero-order chi connectivity index (χ0) is 26.4. The normalized spacial score (nSPS) is 16.7. The van der Waals surface area contributed by atoms with E-state index < -0.39 is 0 Å². The lowest BCUT2D eigenvalue weighted by molar-refractivity contribution is 0.333. The van der Waals surface area contributed by atoms with Crippen LogP contribution in [0.2, 0.25) is 0 Å². The van der Waals surface area contributed by atoms with Crippen molar-refractivity contribution in [1.29, 1.82) is 0 Å². The Kier molecular flexibility index (Phi) is 9.68. The van der Waals surface area contributed by atoms with E-state index in [2.05, 4.69) is 78.8 Å². The second-order valence-electron chi connectivity index (χ2n) is 10.3. The molecule has 1 aromatic heterocycles. The van der Waals surface area contributed by atoms with Gasteiger partial charge in [0.25, 0.3) is 0 Å². The Morgan fingerprint density at radius 1 is 1.00 bits per heavy atom. The van der Waals surface area contributed by atoms with Crippen molar-refractivity contribution in [2.75, 3.05) is 6.61 Å². The summed E-state index contributed by atoms with van der Waals surface area (Å²) in [6, 6.07) is 8.62. The van der Waals surface area contributed by atoms with Gasteiger partial charge in [0.15, 0.2) is 0 Å². The first-order valence-electron chi connectivity index (χ1n) is 13.1. The van der Waals surface area contributed by atoms with Gasteiger partial charge in [0.1, 0.15) is 0 Å². The van der Waals surface area contributed by atoms with Crippen molar-refractivity contribution < 1.29 is 10.2 Å². The Morgan fingerprint density at radius 3 is 2.09 bits per heavy atom. The number of hydrogen-bond acceptors (Lipinski definition) is 3. The van der Waals surface area contributed by atoms with E-state index in [-0.39, 0.29) is 23.2 Å². The van der Waals surface area contributed by atoms with E-state index >= 15 is 0 Å². The van der Waals surface area contributed by atoms with Crippen LogP contribution < -0.4 is 0 Å². The molecule has 0 saturated carbocycles. The van der Waals surface area contributed by atoms with Gasteiger partial charge in [-0.3, -0.25) is 4.98 Å². The standard InChI is InChI=1S/C30H39NO2.C2H6/c1-8-10-11-28(33)24(19-32)21-12-13-27(31-18-21)22(9-2)23-17-26-25(16-20(23)3)29(4,5)14-15-30(26,6)7;1-2/h9,12-18,32-33H,8,10-11,19H2,1-7H3;1-2H3/b22-9-,28-24-;. The van der Waals surface area contributed by atoms with Crippen LogP contribution in [-0.2, 0) is 10.8 Å². The minimum absolute atomic E-state index is 0.0109. The maximum atomic E-state index is 10.4. The molecule has 1 aliphatic carbocycles. The Labute approximate surface area is 213 Å². The number of unbranched alkanes of at least 4 members (excludes halogenated alkanes) is 1. The first-order chi connectivity index (χ1) is 16.6. The number of fused-ring (bicyclic) bond motifs is 1. The van der Waals surface area contributed by atoms with Gasteiger partial charge < -0.3 is 10.2 Å². The molecule has 2 aromatic rings. The maximum absolute atomic E-state index is 10.4. The van der Waals surface area contributed by atoms with Crippen molar-refractivity contribution in [3.05, 3.63) is 88.0 Å². The Balaban J connectivity index is 0.00000210. The van der Waals surface area contributed by atoms with Gasteiger partial charge in [-0.05, 0) is 54.7 Å². The zero-order valence-electron chi connectivity index (χ0n) is 23.3. The van der Waals surface area contributed by atoms with Crippen LogP contribution in [0.1, 0.15) is 108 Å². The summed E-state index contributed by atoms with van der Waals surface area (Å²) in [6.07, 6.45) is 11.0. The molecule has 1 heterocycles. The molecule has 3 rings (SSSR count). The monoisotopic (exact) mass is 475 g/mol. The number of aliphatic hydroxyl groups is 2. The summed E-state index contributed by atoms with van der Waals surface area (Å²) in [6.45, 7) is 19.2. The fourth-order valence-corrected chi connectivity index (χ4v) is 4.68. The minimum Gasteiger partial charge on any atom is -0.512 e. The van der Waals surface area contributed by atoms with E-state index in [1.54, 1.807) is 6.20 Å². The molecule has 2 N–H and O–H groups in total. The lowest BCUT2D eigenvalue weighted by Crippen LogP contribution is -2.29. The summed E-state index contributed by atoms with van der Waals surface area (Å²) < 4.78 is 0. The van der Waals surface area contributed by atoms with Crippen LogP contribution in [0.5, 0.6) is 0 Å². The largest absolute Gasteiger partial charge is 0.512 e. The van der Waals surface area contributed by atoms with Gasteiger partial charge in [-0.25, -0.2) is 0 Å². The summed E-state index contributed by atoms with van der Waals surface area (Å²) in [4.78, 5) is 4.74. The third-order valence-corrected chi connectivity index (χ3v) is 6.91. The number of aryl methyl sites for hydroxylation is 1. The van der Waals surface area contributed by atoms with E-state index in [1.165, 1.54) is 22.3 Å². The molecule has 0 atom stereocenters. The van der Waals surface area contributed by atoms with Gasteiger partial charge in [0.2, 0.25) is 0 Å². The van der Waals surface area contributed by atoms with E-state index in [4.69, 9.17) is 4.98 Å². The van der Waals surface area contributed by atoms with Gasteiger partial charge >= 0.3 is 0 Å². The summed E-state index contributed by atoms with van der Waals surface area (Å²) in [7, 11) is 0. The fourth-order valence-electron chi connectivity index (χ4n) is 4.68. The number of hydrogen-bond donors (Lipinski definition) is 2. The number of pyridine rings is 1. The summed E-state index contributed by atoms with van der Waals surface area (Å²) in [5.41, 5.74) is 8.46. The van der Waals surface area contributed by atoms with Crippen LogP contribution in [0.25, 0.3) is 11.1 Å². The Bertz CT molecular complexity index is 1100. The lowest BCUT2D eigenvalue weighted by Gasteiger charge is -2.37. The van der Waals surface area contributed by atoms with Gasteiger partial charge in [-0.15, -0.1) is 0 Å². The first kappa shape index (κ1) is 28.6. The second kappa shape index (κ2) is 11.9. The fraction of sp³-hybridized carbons (Fsp3) is 0.469. The predicted molar refractivity (Wildman–Crippen MR) is 151 cm³/mol. The predicted octanol–water partition coefficient (Wildman–Crippen LogP) is 8.44. The highest BCUT2D eigenvalue weighted by atomic mass is 16.3. The minimum atomic E-state index is -0.199. The first-order valence-corrected chi connectivity index (χ1v) is 13.1. The van der Waals surface area contributed by atoms with Crippen molar-refractivity contribution in [3.63, 3.8) is 0 Å². The smallest absolute Gasteiger partial charge is 0.0984 e. The molecular weight excluding hydrogens is 430 g/mol. The molecule has 35 heavy (non-hydrogen) atoms. The van der Waals surface area contributed by atoms with Crippen molar-refractivity contribution in [1.82, 2.24) is 4.98 Å². The molecule has 0 bridgehead atoms. The summed E-state index contributed by atoms with van der Waals surface area (Å²) in [5, 5.41) is 20.2. The molecule has 0 amide bonds. The van der Waals surface area contributed by atoms with Crippen LogP contribution in [0.4, 0.5) is 0 Å². The van der Waals surface area contributed by atoms with E-state index in [0.29, 0.717) is 12.0 Å². The molecule has 3 heteroatoms. The van der Waals surface area contributed by atoms with Crippen LogP contribution >= 0.6 is 0 Å². The highest BCUT2D eigenvalue weighted by molar-refractivity contribution is 5.81. The van der Waals surface area contributed by atoms with Crippen molar-refractivity contribution >= 4 is 11.1 Å². The average molecular weight is 476 g/mol. The van der Waals surface area contributed by atoms with Gasteiger partial charge in [0.05, 0.1) is 18.1 Å². The summed E-state index contributed by atoms with van der Waals surface area (Å²) in [5.74, 6) is 0.253. The van der Waals surface area contributed by atoms with Crippen LogP contribution in [0.3, 0.4) is 0 Å². The Hall–Kier alpha value is -2.65. The maximum Gasteiger partial charge on any atom is 0.0984 e. The van der Waals surface area contributed by atoms with Crippen molar-refractivity contribution in [3.8, 4) is 0 Å². The third kappa shape index (κ3) is 6.13. The van der Waals surface area contributed by atoms with Crippen LogP contribution in [0.15, 0.2) is 54.4 Å².